The number of nitrogens with one attached hydrogen (secondary N) is 1. The SMILES string of the molecule is CCCN1CCC(c2cnc(Cn3ncc4nc(N)nc(NCc5cc(C)on5)c43)c(OC)c2)CC1. The number of nitrogens with two attached hydrogens (primary N) is 1. The van der Waals surface area contributed by atoms with Crippen LogP contribution in [0.25, 0.3) is 11.0 Å². The summed E-state index contributed by atoms with van der Waals surface area (Å²) in [5.74, 6) is 2.76. The van der Waals surface area contributed by atoms with Gasteiger partial charge in [-0.3, -0.25) is 9.67 Å². The maximum Gasteiger partial charge on any atom is 0.222 e. The van der Waals surface area contributed by atoms with E-state index in [2.05, 4.69) is 43.4 Å². The number of piperidine rings is 1. The number of nitrogen functional groups attached to an aromatic ring is 1. The number of rotatable bonds is 9. The average Bonchev–Trinajstić information content (AvgIpc) is 3.49. The molecule has 36 heavy (non-hydrogen) atoms. The van der Waals surface area contributed by atoms with Crippen LogP contribution in [0.5, 0.6) is 5.75 Å². The number of nitrogens with zero attached hydrogens (tertiary/aromatic N) is 7. The van der Waals surface area contributed by atoms with E-state index in [1.807, 2.05) is 23.9 Å². The minimum atomic E-state index is 0.172. The van der Waals surface area contributed by atoms with E-state index in [4.69, 9.17) is 20.0 Å². The molecule has 0 radical (unpaired) electrons. The Hall–Kier alpha value is -3.73. The first-order chi connectivity index (χ1) is 17.5. The molecule has 4 aromatic rings. The molecule has 4 aromatic heterocycles. The summed E-state index contributed by atoms with van der Waals surface area (Å²) in [6.07, 6.45) is 7.17. The first-order valence-corrected chi connectivity index (χ1v) is 12.4. The Morgan fingerprint density at radius 2 is 2.03 bits per heavy atom. The Labute approximate surface area is 210 Å². The van der Waals surface area contributed by atoms with Crippen molar-refractivity contribution in [2.45, 2.75) is 52.1 Å². The molecule has 11 heteroatoms. The van der Waals surface area contributed by atoms with Crippen molar-refractivity contribution in [2.24, 2.45) is 0 Å². The molecule has 0 spiro atoms. The second kappa shape index (κ2) is 10.5. The van der Waals surface area contributed by atoms with Gasteiger partial charge in [0.1, 0.15) is 33.9 Å². The molecule has 0 aliphatic carbocycles. The van der Waals surface area contributed by atoms with Crippen molar-refractivity contribution in [1.82, 2.24) is 34.8 Å². The second-order valence-corrected chi connectivity index (χ2v) is 9.28. The van der Waals surface area contributed by atoms with Crippen molar-refractivity contribution in [3.8, 4) is 5.75 Å². The van der Waals surface area contributed by atoms with Crippen LogP contribution in [0.1, 0.15) is 54.8 Å². The van der Waals surface area contributed by atoms with Gasteiger partial charge in [0.25, 0.3) is 0 Å². The lowest BCUT2D eigenvalue weighted by molar-refractivity contribution is 0.212. The molecular formula is C25H33N9O2. The molecule has 3 N–H and O–H groups in total. The molecule has 0 unspecified atom stereocenters. The van der Waals surface area contributed by atoms with Crippen molar-refractivity contribution in [3.63, 3.8) is 0 Å². The van der Waals surface area contributed by atoms with Gasteiger partial charge in [-0.1, -0.05) is 12.1 Å². The van der Waals surface area contributed by atoms with Crippen molar-refractivity contribution < 1.29 is 9.26 Å². The number of fused-ring (bicyclic) bond motifs is 1. The molecular weight excluding hydrogens is 458 g/mol. The zero-order valence-corrected chi connectivity index (χ0v) is 21.1. The molecule has 0 atom stereocenters. The number of ether oxygens (including phenoxy) is 1. The Kier molecular flexibility index (Phi) is 6.99. The standard InChI is InChI=1S/C25H33N9O2/c1-4-7-33-8-5-17(6-9-33)18-11-22(35-3)21(27-12-18)15-34-23-20(14-29-34)30-25(26)31-24(23)28-13-19-10-16(2)36-32-19/h10-12,14,17H,4-9,13,15H2,1-3H3,(H3,26,28,30,31). The lowest BCUT2D eigenvalue weighted by Crippen LogP contribution is -2.33. The van der Waals surface area contributed by atoms with Gasteiger partial charge in [-0.25, -0.2) is 4.98 Å². The van der Waals surface area contributed by atoms with Crippen molar-refractivity contribution in [2.75, 3.05) is 37.8 Å². The van der Waals surface area contributed by atoms with Gasteiger partial charge < -0.3 is 25.2 Å². The highest BCUT2D eigenvalue weighted by Gasteiger charge is 2.22. The highest BCUT2D eigenvalue weighted by Crippen LogP contribution is 2.31. The summed E-state index contributed by atoms with van der Waals surface area (Å²) in [5.41, 5.74) is 10.1. The van der Waals surface area contributed by atoms with Crippen LogP contribution < -0.4 is 15.8 Å². The number of aromatic nitrogens is 6. The lowest BCUT2D eigenvalue weighted by Gasteiger charge is -2.32. The number of pyridine rings is 1. The van der Waals surface area contributed by atoms with Crippen LogP contribution in [0.4, 0.5) is 11.8 Å². The molecule has 0 saturated carbocycles. The van der Waals surface area contributed by atoms with Gasteiger partial charge in [0.15, 0.2) is 5.82 Å². The number of methoxy groups -OCH3 is 1. The Morgan fingerprint density at radius 3 is 2.75 bits per heavy atom. The quantitative estimate of drug-likeness (QED) is 0.359. The van der Waals surface area contributed by atoms with Gasteiger partial charge in [-0.15, -0.1) is 0 Å². The Bertz CT molecular complexity index is 1320. The van der Waals surface area contributed by atoms with Crippen LogP contribution in [0.3, 0.4) is 0 Å². The van der Waals surface area contributed by atoms with Gasteiger partial charge in [0.2, 0.25) is 5.95 Å². The van der Waals surface area contributed by atoms with Gasteiger partial charge in [-0.2, -0.15) is 10.1 Å². The molecule has 5 heterocycles. The van der Waals surface area contributed by atoms with Crippen LogP contribution in [0.2, 0.25) is 0 Å². The van der Waals surface area contributed by atoms with E-state index < -0.39 is 0 Å². The van der Waals surface area contributed by atoms with Crippen LogP contribution in [0, 0.1) is 6.92 Å². The van der Waals surface area contributed by atoms with E-state index in [9.17, 15) is 0 Å². The van der Waals surface area contributed by atoms with E-state index in [0.29, 0.717) is 30.3 Å². The molecule has 11 nitrogen and oxygen atoms in total. The first kappa shape index (κ1) is 24.0. The van der Waals surface area contributed by atoms with Gasteiger partial charge in [-0.05, 0) is 63.4 Å². The molecule has 190 valence electrons. The highest BCUT2D eigenvalue weighted by molar-refractivity contribution is 5.86. The third kappa shape index (κ3) is 5.11. The molecule has 1 aliphatic heterocycles. The number of anilines is 2. The van der Waals surface area contributed by atoms with E-state index in [0.717, 1.165) is 54.3 Å². The number of hydrogen-bond donors (Lipinski definition) is 2. The summed E-state index contributed by atoms with van der Waals surface area (Å²) >= 11 is 0. The average molecular weight is 492 g/mol. The fraction of sp³-hybridized carbons (Fsp3) is 0.480. The largest absolute Gasteiger partial charge is 0.495 e. The predicted molar refractivity (Wildman–Crippen MR) is 137 cm³/mol. The first-order valence-electron chi connectivity index (χ1n) is 12.4. The highest BCUT2D eigenvalue weighted by atomic mass is 16.5. The third-order valence-electron chi connectivity index (χ3n) is 6.69. The van der Waals surface area contributed by atoms with Crippen molar-refractivity contribution >= 4 is 22.8 Å². The smallest absolute Gasteiger partial charge is 0.222 e. The molecule has 1 fully saturated rings. The summed E-state index contributed by atoms with van der Waals surface area (Å²) in [6.45, 7) is 8.38. The molecule has 1 aliphatic rings. The van der Waals surface area contributed by atoms with Gasteiger partial charge in [0.05, 0.1) is 26.4 Å². The molecule has 5 rings (SSSR count). The molecule has 0 amide bonds. The topological polar surface area (TPSA) is 133 Å². The maximum atomic E-state index is 5.95. The van der Waals surface area contributed by atoms with Crippen LogP contribution in [-0.2, 0) is 13.1 Å². The zero-order chi connectivity index (χ0) is 25.1. The van der Waals surface area contributed by atoms with Crippen LogP contribution in [-0.4, -0.2) is 61.5 Å². The monoisotopic (exact) mass is 491 g/mol. The third-order valence-corrected chi connectivity index (χ3v) is 6.69. The number of aryl methyl sites for hydroxylation is 1. The second-order valence-electron chi connectivity index (χ2n) is 9.28. The van der Waals surface area contributed by atoms with E-state index in [-0.39, 0.29) is 5.95 Å². The summed E-state index contributed by atoms with van der Waals surface area (Å²) in [4.78, 5) is 16.1. The van der Waals surface area contributed by atoms with Crippen molar-refractivity contribution in [1.29, 1.82) is 0 Å². The summed E-state index contributed by atoms with van der Waals surface area (Å²) in [6, 6.07) is 4.00. The van der Waals surface area contributed by atoms with Crippen LogP contribution in [0.15, 0.2) is 29.0 Å². The number of likely N-dealkylation sites (tertiary alicyclic amines) is 1. The van der Waals surface area contributed by atoms with E-state index in [1.165, 1.54) is 18.5 Å². The van der Waals surface area contributed by atoms with E-state index >= 15 is 0 Å². The summed E-state index contributed by atoms with van der Waals surface area (Å²) in [5, 5.41) is 11.9. The fourth-order valence-electron chi connectivity index (χ4n) is 4.89. The van der Waals surface area contributed by atoms with Crippen molar-refractivity contribution in [3.05, 3.63) is 47.2 Å². The zero-order valence-electron chi connectivity index (χ0n) is 21.1. The molecule has 0 bridgehead atoms. The predicted octanol–water partition coefficient (Wildman–Crippen LogP) is 3.36. The fourth-order valence-corrected chi connectivity index (χ4v) is 4.89. The number of hydrogen-bond acceptors (Lipinski definition) is 10. The Morgan fingerprint density at radius 1 is 1.19 bits per heavy atom. The molecule has 1 saturated heterocycles. The normalized spacial score (nSPS) is 15.0. The summed E-state index contributed by atoms with van der Waals surface area (Å²) in [7, 11) is 1.69. The molecule has 0 aromatic carbocycles. The van der Waals surface area contributed by atoms with Gasteiger partial charge >= 0.3 is 0 Å². The minimum absolute atomic E-state index is 0.172. The van der Waals surface area contributed by atoms with E-state index in [1.54, 1.807) is 13.3 Å². The Balaban J connectivity index is 1.37. The summed E-state index contributed by atoms with van der Waals surface area (Å²) < 4.78 is 12.7. The van der Waals surface area contributed by atoms with Crippen LogP contribution >= 0.6 is 0 Å². The maximum absolute atomic E-state index is 5.95. The van der Waals surface area contributed by atoms with Gasteiger partial charge in [0, 0.05) is 12.3 Å². The lowest BCUT2D eigenvalue weighted by atomic mass is 9.90. The minimum Gasteiger partial charge on any atom is -0.495 e.